The van der Waals surface area contributed by atoms with E-state index in [1.807, 2.05) is 0 Å². The van der Waals surface area contributed by atoms with Crippen molar-refractivity contribution in [1.82, 2.24) is 14.8 Å². The Balaban J connectivity index is 1.92. The highest BCUT2D eigenvalue weighted by Crippen LogP contribution is 2.33. The van der Waals surface area contributed by atoms with Gasteiger partial charge in [0.2, 0.25) is 0 Å². The topological polar surface area (TPSA) is 114 Å². The number of aromatic hydroxyl groups is 2. The van der Waals surface area contributed by atoms with Gasteiger partial charge in [-0.15, -0.1) is 5.10 Å². The molecular formula is C20H14N4O4. The summed E-state index contributed by atoms with van der Waals surface area (Å²) in [6.45, 7) is 0. The van der Waals surface area contributed by atoms with Crippen molar-refractivity contribution in [3.05, 3.63) is 82.9 Å². The quantitative estimate of drug-likeness (QED) is 0.413. The molecule has 2 N–H and O–H groups in total. The first-order chi connectivity index (χ1) is 13.5. The molecule has 0 bridgehead atoms. The zero-order chi connectivity index (χ0) is 19.7. The van der Waals surface area contributed by atoms with Gasteiger partial charge in [0.1, 0.15) is 11.5 Å². The number of benzene rings is 3. The summed E-state index contributed by atoms with van der Waals surface area (Å²) in [5.74, 6) is 0.633. The van der Waals surface area contributed by atoms with Crippen LogP contribution in [0.3, 0.4) is 0 Å². The van der Waals surface area contributed by atoms with Crippen molar-refractivity contribution >= 4 is 5.69 Å². The van der Waals surface area contributed by atoms with Gasteiger partial charge in [0.15, 0.2) is 11.6 Å². The van der Waals surface area contributed by atoms with Crippen LogP contribution in [0.15, 0.2) is 72.8 Å². The normalized spacial score (nSPS) is 10.7. The maximum atomic E-state index is 10.9. The van der Waals surface area contributed by atoms with Gasteiger partial charge in [-0.1, -0.05) is 24.3 Å². The first-order valence-corrected chi connectivity index (χ1v) is 8.33. The molecular weight excluding hydrogens is 360 g/mol. The van der Waals surface area contributed by atoms with E-state index in [4.69, 9.17) is 0 Å². The molecule has 0 aliphatic rings. The zero-order valence-corrected chi connectivity index (χ0v) is 14.4. The van der Waals surface area contributed by atoms with Crippen LogP contribution in [0.25, 0.3) is 28.5 Å². The molecule has 0 radical (unpaired) electrons. The van der Waals surface area contributed by atoms with Gasteiger partial charge in [-0.05, 0) is 36.4 Å². The van der Waals surface area contributed by atoms with E-state index in [9.17, 15) is 20.3 Å². The molecule has 28 heavy (non-hydrogen) atoms. The highest BCUT2D eigenvalue weighted by molar-refractivity contribution is 5.70. The second kappa shape index (κ2) is 6.84. The van der Waals surface area contributed by atoms with E-state index in [0.29, 0.717) is 22.6 Å². The molecule has 4 rings (SSSR count). The Morgan fingerprint density at radius 1 is 0.821 bits per heavy atom. The molecule has 0 atom stereocenters. The lowest BCUT2D eigenvalue weighted by atomic mass is 10.1. The summed E-state index contributed by atoms with van der Waals surface area (Å²) in [6.07, 6.45) is 0. The second-order valence-corrected chi connectivity index (χ2v) is 5.98. The molecule has 1 heterocycles. The van der Waals surface area contributed by atoms with Gasteiger partial charge < -0.3 is 10.2 Å². The lowest BCUT2D eigenvalue weighted by Gasteiger charge is -2.07. The van der Waals surface area contributed by atoms with Gasteiger partial charge in [0.25, 0.3) is 5.69 Å². The minimum Gasteiger partial charge on any atom is -0.507 e. The molecule has 8 heteroatoms. The van der Waals surface area contributed by atoms with Crippen molar-refractivity contribution < 1.29 is 15.1 Å². The molecule has 0 fully saturated rings. The van der Waals surface area contributed by atoms with Crippen LogP contribution in [0.4, 0.5) is 5.69 Å². The summed E-state index contributed by atoms with van der Waals surface area (Å²) in [4.78, 5) is 14.9. The number of non-ortho nitro benzene ring substituents is 1. The summed E-state index contributed by atoms with van der Waals surface area (Å²) in [7, 11) is 0. The van der Waals surface area contributed by atoms with Crippen molar-refractivity contribution in [1.29, 1.82) is 0 Å². The van der Waals surface area contributed by atoms with E-state index in [0.717, 1.165) is 0 Å². The highest BCUT2D eigenvalue weighted by atomic mass is 16.6. The fourth-order valence-corrected chi connectivity index (χ4v) is 2.82. The number of phenols is 2. The predicted molar refractivity (Wildman–Crippen MR) is 102 cm³/mol. The van der Waals surface area contributed by atoms with E-state index >= 15 is 0 Å². The Bertz CT molecular complexity index is 1170. The average molecular weight is 374 g/mol. The summed E-state index contributed by atoms with van der Waals surface area (Å²) in [5.41, 5.74) is 1.35. The fourth-order valence-electron chi connectivity index (χ4n) is 2.82. The number of para-hydroxylation sites is 2. The highest BCUT2D eigenvalue weighted by Gasteiger charge is 2.19. The van der Waals surface area contributed by atoms with Crippen LogP contribution < -0.4 is 0 Å². The third-order valence-electron chi connectivity index (χ3n) is 4.20. The Morgan fingerprint density at radius 2 is 1.39 bits per heavy atom. The molecule has 138 valence electrons. The Hall–Kier alpha value is -4.20. The van der Waals surface area contributed by atoms with Crippen molar-refractivity contribution in [3.8, 4) is 40.0 Å². The Morgan fingerprint density at radius 3 is 1.96 bits per heavy atom. The van der Waals surface area contributed by atoms with E-state index in [1.165, 1.54) is 28.9 Å². The lowest BCUT2D eigenvalue weighted by molar-refractivity contribution is -0.384. The van der Waals surface area contributed by atoms with Gasteiger partial charge >= 0.3 is 0 Å². The van der Waals surface area contributed by atoms with Crippen LogP contribution in [0.2, 0.25) is 0 Å². The SMILES string of the molecule is O=[N+]([O-])c1ccc(-n2nc(-c3ccccc3O)nc2-c2ccccc2O)cc1. The standard InChI is InChI=1S/C20H14N4O4/c25-17-7-3-1-5-15(17)19-21-20(16-6-2-4-8-18(16)26)23(22-19)13-9-11-14(12-10-13)24(27)28/h1-12,25-26H. The van der Waals surface area contributed by atoms with Crippen molar-refractivity contribution in [2.75, 3.05) is 0 Å². The molecule has 8 nitrogen and oxygen atoms in total. The van der Waals surface area contributed by atoms with Crippen LogP contribution in [0.5, 0.6) is 11.5 Å². The smallest absolute Gasteiger partial charge is 0.269 e. The number of aromatic nitrogens is 3. The molecule has 0 aliphatic carbocycles. The molecule has 0 amide bonds. The molecule has 3 aromatic carbocycles. The zero-order valence-electron chi connectivity index (χ0n) is 14.4. The predicted octanol–water partition coefficient (Wildman–Crippen LogP) is 3.92. The van der Waals surface area contributed by atoms with Gasteiger partial charge in [0, 0.05) is 12.1 Å². The maximum Gasteiger partial charge on any atom is 0.269 e. The van der Waals surface area contributed by atoms with Gasteiger partial charge in [-0.3, -0.25) is 10.1 Å². The Labute approximate surface area is 159 Å². The molecule has 0 unspecified atom stereocenters. The largest absolute Gasteiger partial charge is 0.507 e. The first kappa shape index (κ1) is 17.2. The lowest BCUT2D eigenvalue weighted by Crippen LogP contribution is -2.00. The second-order valence-electron chi connectivity index (χ2n) is 5.98. The minimum absolute atomic E-state index is 0.0156. The summed E-state index contributed by atoms with van der Waals surface area (Å²) in [6, 6.07) is 19.1. The first-order valence-electron chi connectivity index (χ1n) is 8.33. The summed E-state index contributed by atoms with van der Waals surface area (Å²) in [5, 5.41) is 35.8. The van der Waals surface area contributed by atoms with Crippen LogP contribution >= 0.6 is 0 Å². The van der Waals surface area contributed by atoms with E-state index < -0.39 is 4.92 Å². The number of phenolic OH excluding ortho intramolecular Hbond substituents is 2. The third-order valence-corrected chi connectivity index (χ3v) is 4.20. The number of nitro groups is 1. The molecule has 0 saturated carbocycles. The van der Waals surface area contributed by atoms with Gasteiger partial charge in [0.05, 0.1) is 21.7 Å². The monoisotopic (exact) mass is 374 g/mol. The number of rotatable bonds is 4. The average Bonchev–Trinajstić information content (AvgIpc) is 3.13. The third kappa shape index (κ3) is 3.03. The Kier molecular flexibility index (Phi) is 4.21. The summed E-state index contributed by atoms with van der Waals surface area (Å²) >= 11 is 0. The molecule has 0 spiro atoms. The molecule has 0 saturated heterocycles. The number of nitro benzene ring substituents is 1. The molecule has 4 aromatic rings. The number of nitrogens with zero attached hydrogens (tertiary/aromatic N) is 4. The van der Waals surface area contributed by atoms with Crippen molar-refractivity contribution in [2.45, 2.75) is 0 Å². The van der Waals surface area contributed by atoms with Crippen LogP contribution in [0.1, 0.15) is 0 Å². The van der Waals surface area contributed by atoms with Crippen molar-refractivity contribution in [2.24, 2.45) is 0 Å². The van der Waals surface area contributed by atoms with Crippen LogP contribution in [-0.2, 0) is 0 Å². The summed E-state index contributed by atoms with van der Waals surface area (Å²) < 4.78 is 1.47. The number of hydrogen-bond donors (Lipinski definition) is 2. The van der Waals surface area contributed by atoms with Gasteiger partial charge in [-0.2, -0.15) is 0 Å². The fraction of sp³-hybridized carbons (Fsp3) is 0. The van der Waals surface area contributed by atoms with E-state index in [-0.39, 0.29) is 23.0 Å². The van der Waals surface area contributed by atoms with E-state index in [2.05, 4.69) is 10.1 Å². The van der Waals surface area contributed by atoms with E-state index in [1.54, 1.807) is 48.5 Å². The minimum atomic E-state index is -0.484. The molecule has 0 aliphatic heterocycles. The maximum absolute atomic E-state index is 10.9. The number of hydrogen-bond acceptors (Lipinski definition) is 6. The van der Waals surface area contributed by atoms with Crippen molar-refractivity contribution in [3.63, 3.8) is 0 Å². The van der Waals surface area contributed by atoms with Crippen LogP contribution in [0, 0.1) is 10.1 Å². The van der Waals surface area contributed by atoms with Gasteiger partial charge in [-0.25, -0.2) is 9.67 Å². The molecule has 1 aromatic heterocycles. The van der Waals surface area contributed by atoms with Crippen LogP contribution in [-0.4, -0.2) is 29.9 Å².